The number of rotatable bonds is 10. The predicted molar refractivity (Wildman–Crippen MR) is 128 cm³/mol. The predicted octanol–water partition coefficient (Wildman–Crippen LogP) is 4.70. The lowest BCUT2D eigenvalue weighted by Crippen LogP contribution is -2.51. The first kappa shape index (κ1) is 24.2. The van der Waals surface area contributed by atoms with Crippen LogP contribution in [-0.4, -0.2) is 35.4 Å². The first-order valence-corrected chi connectivity index (χ1v) is 11.5. The minimum absolute atomic E-state index is 0.0602. The van der Waals surface area contributed by atoms with Gasteiger partial charge in [0.25, 0.3) is 5.91 Å². The summed E-state index contributed by atoms with van der Waals surface area (Å²) in [6.07, 6.45) is 1.37. The van der Waals surface area contributed by atoms with Crippen LogP contribution in [0.2, 0.25) is 0 Å². The molecule has 0 heterocycles. The summed E-state index contributed by atoms with van der Waals surface area (Å²) < 4.78 is 6.82. The van der Waals surface area contributed by atoms with E-state index in [4.69, 9.17) is 4.74 Å². The number of ether oxygens (including phenoxy) is 1. The third-order valence-electron chi connectivity index (χ3n) is 5.16. The summed E-state index contributed by atoms with van der Waals surface area (Å²) in [7, 11) is 0. The molecular weight excluding hydrogens is 491 g/mol. The highest BCUT2D eigenvalue weighted by Gasteiger charge is 2.29. The lowest BCUT2D eigenvalue weighted by Gasteiger charge is -2.31. The van der Waals surface area contributed by atoms with Crippen molar-refractivity contribution in [1.82, 2.24) is 10.2 Å². The first-order chi connectivity index (χ1) is 14.3. The topological polar surface area (TPSA) is 58.6 Å². The standard InChI is InChI=1S/C24H31IN2O3/c1-5-18(4)26-24(29)22(6-2)27(15-19-10-8-7-9-17(19)3)23(28)16-30-21-13-11-20(25)12-14-21/h7-14,18,22H,5-6,15-16H2,1-4H3,(H,26,29). The second-order valence-electron chi connectivity index (χ2n) is 7.43. The number of nitrogens with zero attached hydrogens (tertiary/aromatic N) is 1. The molecule has 0 aromatic heterocycles. The number of hydrogen-bond acceptors (Lipinski definition) is 3. The molecule has 2 unspecified atom stereocenters. The summed E-state index contributed by atoms with van der Waals surface area (Å²) in [4.78, 5) is 27.8. The largest absolute Gasteiger partial charge is 0.484 e. The van der Waals surface area contributed by atoms with Gasteiger partial charge in [-0.05, 0) is 84.7 Å². The van der Waals surface area contributed by atoms with E-state index in [0.29, 0.717) is 18.7 Å². The summed E-state index contributed by atoms with van der Waals surface area (Å²) in [5.41, 5.74) is 2.11. The number of aryl methyl sites for hydroxylation is 1. The molecule has 0 spiro atoms. The molecule has 2 amide bonds. The normalized spacial score (nSPS) is 12.7. The van der Waals surface area contributed by atoms with Gasteiger partial charge >= 0.3 is 0 Å². The highest BCUT2D eigenvalue weighted by atomic mass is 127. The molecule has 2 aromatic rings. The van der Waals surface area contributed by atoms with Crippen molar-refractivity contribution >= 4 is 34.4 Å². The fourth-order valence-corrected chi connectivity index (χ4v) is 3.45. The Labute approximate surface area is 193 Å². The van der Waals surface area contributed by atoms with Crippen LogP contribution in [0.5, 0.6) is 5.75 Å². The molecule has 6 heteroatoms. The molecule has 2 aromatic carbocycles. The van der Waals surface area contributed by atoms with Crippen LogP contribution < -0.4 is 10.1 Å². The van der Waals surface area contributed by atoms with E-state index in [-0.39, 0.29) is 24.5 Å². The van der Waals surface area contributed by atoms with Gasteiger partial charge in [0, 0.05) is 16.2 Å². The van der Waals surface area contributed by atoms with Gasteiger partial charge in [-0.2, -0.15) is 0 Å². The van der Waals surface area contributed by atoms with Crippen LogP contribution in [0, 0.1) is 10.5 Å². The average Bonchev–Trinajstić information content (AvgIpc) is 2.74. The summed E-state index contributed by atoms with van der Waals surface area (Å²) in [6, 6.07) is 15.0. The van der Waals surface area contributed by atoms with Crippen LogP contribution in [0.3, 0.4) is 0 Å². The third kappa shape index (κ3) is 7.00. The monoisotopic (exact) mass is 522 g/mol. The number of amides is 2. The van der Waals surface area contributed by atoms with Crippen LogP contribution in [0.1, 0.15) is 44.7 Å². The Morgan fingerprint density at radius 2 is 1.73 bits per heavy atom. The molecular formula is C24H31IN2O3. The molecule has 0 fully saturated rings. The molecule has 2 rings (SSSR count). The second kappa shape index (κ2) is 11.9. The van der Waals surface area contributed by atoms with Gasteiger partial charge in [0.1, 0.15) is 11.8 Å². The second-order valence-corrected chi connectivity index (χ2v) is 8.68. The maximum Gasteiger partial charge on any atom is 0.261 e. The zero-order valence-electron chi connectivity index (χ0n) is 18.2. The van der Waals surface area contributed by atoms with Crippen LogP contribution >= 0.6 is 22.6 Å². The zero-order valence-corrected chi connectivity index (χ0v) is 20.3. The molecule has 0 radical (unpaired) electrons. The van der Waals surface area contributed by atoms with Crippen molar-refractivity contribution in [3.05, 3.63) is 63.2 Å². The molecule has 162 valence electrons. The van der Waals surface area contributed by atoms with Gasteiger partial charge in [-0.25, -0.2) is 0 Å². The van der Waals surface area contributed by atoms with Gasteiger partial charge in [-0.15, -0.1) is 0 Å². The minimum atomic E-state index is -0.550. The molecule has 0 aliphatic rings. The van der Waals surface area contributed by atoms with E-state index in [1.807, 2.05) is 76.2 Å². The van der Waals surface area contributed by atoms with E-state index in [2.05, 4.69) is 27.9 Å². The van der Waals surface area contributed by atoms with Crippen LogP contribution in [0.25, 0.3) is 0 Å². The molecule has 0 saturated carbocycles. The number of nitrogens with one attached hydrogen (secondary N) is 1. The Hall–Kier alpha value is -2.09. The lowest BCUT2D eigenvalue weighted by atomic mass is 10.1. The molecule has 5 nitrogen and oxygen atoms in total. The average molecular weight is 522 g/mol. The fraction of sp³-hybridized carbons (Fsp3) is 0.417. The lowest BCUT2D eigenvalue weighted by molar-refractivity contribution is -0.143. The molecule has 2 atom stereocenters. The van der Waals surface area contributed by atoms with E-state index in [1.165, 1.54) is 0 Å². The summed E-state index contributed by atoms with van der Waals surface area (Å²) >= 11 is 2.22. The van der Waals surface area contributed by atoms with Crippen molar-refractivity contribution in [1.29, 1.82) is 0 Å². The smallest absolute Gasteiger partial charge is 0.261 e. The van der Waals surface area contributed by atoms with Gasteiger partial charge in [-0.3, -0.25) is 9.59 Å². The molecule has 0 saturated heterocycles. The van der Waals surface area contributed by atoms with E-state index in [1.54, 1.807) is 4.90 Å². The quantitative estimate of drug-likeness (QED) is 0.461. The van der Waals surface area contributed by atoms with E-state index < -0.39 is 6.04 Å². The molecule has 1 N–H and O–H groups in total. The van der Waals surface area contributed by atoms with Crippen LogP contribution in [0.15, 0.2) is 48.5 Å². The summed E-state index contributed by atoms with van der Waals surface area (Å²) in [6.45, 7) is 8.20. The number of hydrogen-bond donors (Lipinski definition) is 1. The van der Waals surface area contributed by atoms with Crippen molar-refractivity contribution in [3.8, 4) is 5.75 Å². The third-order valence-corrected chi connectivity index (χ3v) is 5.88. The van der Waals surface area contributed by atoms with Crippen molar-refractivity contribution in [2.45, 2.75) is 59.2 Å². The number of carbonyl (C=O) groups is 2. The highest BCUT2D eigenvalue weighted by molar-refractivity contribution is 14.1. The first-order valence-electron chi connectivity index (χ1n) is 10.4. The molecule has 0 aliphatic carbocycles. The van der Waals surface area contributed by atoms with Gasteiger partial charge in [0.2, 0.25) is 5.91 Å². The highest BCUT2D eigenvalue weighted by Crippen LogP contribution is 2.17. The summed E-state index contributed by atoms with van der Waals surface area (Å²) in [5.74, 6) is 0.308. The Morgan fingerprint density at radius 3 is 2.33 bits per heavy atom. The number of benzene rings is 2. The van der Waals surface area contributed by atoms with Crippen LogP contribution in [0.4, 0.5) is 0 Å². The van der Waals surface area contributed by atoms with Crippen molar-refractivity contribution < 1.29 is 14.3 Å². The summed E-state index contributed by atoms with van der Waals surface area (Å²) in [5, 5.41) is 3.02. The van der Waals surface area contributed by atoms with Crippen molar-refractivity contribution in [2.24, 2.45) is 0 Å². The van der Waals surface area contributed by atoms with Gasteiger partial charge in [-0.1, -0.05) is 38.1 Å². The zero-order chi connectivity index (χ0) is 22.1. The van der Waals surface area contributed by atoms with Gasteiger partial charge in [0.05, 0.1) is 0 Å². The van der Waals surface area contributed by atoms with E-state index >= 15 is 0 Å². The Morgan fingerprint density at radius 1 is 1.07 bits per heavy atom. The van der Waals surface area contributed by atoms with Crippen molar-refractivity contribution in [3.63, 3.8) is 0 Å². The Bertz CT molecular complexity index is 839. The molecule has 0 bridgehead atoms. The molecule has 30 heavy (non-hydrogen) atoms. The maximum atomic E-state index is 13.2. The maximum absolute atomic E-state index is 13.2. The van der Waals surface area contributed by atoms with Gasteiger partial charge in [0.15, 0.2) is 6.61 Å². The van der Waals surface area contributed by atoms with E-state index in [0.717, 1.165) is 21.1 Å². The van der Waals surface area contributed by atoms with Crippen LogP contribution in [-0.2, 0) is 16.1 Å². The minimum Gasteiger partial charge on any atom is -0.484 e. The van der Waals surface area contributed by atoms with E-state index in [9.17, 15) is 9.59 Å². The Balaban J connectivity index is 2.21. The van der Waals surface area contributed by atoms with Crippen molar-refractivity contribution in [2.75, 3.05) is 6.61 Å². The number of halogens is 1. The molecule has 0 aliphatic heterocycles. The Kier molecular flexibility index (Phi) is 9.62. The van der Waals surface area contributed by atoms with Gasteiger partial charge < -0.3 is 15.0 Å². The SMILES string of the molecule is CCC(C)NC(=O)C(CC)N(Cc1ccccc1C)C(=O)COc1ccc(I)cc1. The number of carbonyl (C=O) groups excluding carboxylic acids is 2. The fourth-order valence-electron chi connectivity index (χ4n) is 3.09.